The number of aromatic nitrogens is 1. The lowest BCUT2D eigenvalue weighted by atomic mass is 10.1. The minimum absolute atomic E-state index is 0.672. The number of hydrogen-bond donors (Lipinski definition) is 2. The highest BCUT2D eigenvalue weighted by atomic mass is 15.2. The largest absolute Gasteiger partial charge is 0.356 e. The summed E-state index contributed by atoms with van der Waals surface area (Å²) in [4.78, 5) is 8.74. The highest BCUT2D eigenvalue weighted by molar-refractivity contribution is 5.79. The van der Waals surface area contributed by atoms with Crippen molar-refractivity contribution in [3.8, 4) is 0 Å². The van der Waals surface area contributed by atoms with Crippen LogP contribution in [0.1, 0.15) is 28.1 Å². The number of rotatable bonds is 5. The zero-order valence-electron chi connectivity index (χ0n) is 14.5. The normalized spacial score (nSPS) is 11.4. The monoisotopic (exact) mass is 310 g/mol. The molecule has 4 nitrogen and oxygen atoms in total. The maximum atomic E-state index is 4.48. The van der Waals surface area contributed by atoms with Gasteiger partial charge in [-0.1, -0.05) is 35.4 Å². The van der Waals surface area contributed by atoms with E-state index in [0.29, 0.717) is 6.54 Å². The number of nitrogens with one attached hydrogen (secondary N) is 2. The topological polar surface area (TPSA) is 49.3 Å². The van der Waals surface area contributed by atoms with E-state index in [2.05, 4.69) is 52.7 Å². The van der Waals surface area contributed by atoms with Gasteiger partial charge in [0.25, 0.3) is 0 Å². The van der Waals surface area contributed by atoms with E-state index in [9.17, 15) is 0 Å². The van der Waals surface area contributed by atoms with Crippen molar-refractivity contribution < 1.29 is 0 Å². The standard InChI is InChI=1S/C19H26N4/c1-14-10-15(2)12-17(11-14)8-9-21-19(20-4)22-13-18-7-5-6-16(3)23-18/h5-7,10-12H,8-9,13H2,1-4H3,(H2,20,21,22). The molecule has 0 unspecified atom stereocenters. The van der Waals surface area contributed by atoms with Crippen molar-refractivity contribution in [2.24, 2.45) is 4.99 Å². The maximum absolute atomic E-state index is 4.48. The van der Waals surface area contributed by atoms with E-state index in [1.54, 1.807) is 7.05 Å². The summed E-state index contributed by atoms with van der Waals surface area (Å²) in [5, 5.41) is 6.65. The molecule has 2 rings (SSSR count). The van der Waals surface area contributed by atoms with Crippen molar-refractivity contribution in [2.45, 2.75) is 33.7 Å². The first-order chi connectivity index (χ1) is 11.1. The third-order valence-electron chi connectivity index (χ3n) is 3.59. The van der Waals surface area contributed by atoms with Crippen molar-refractivity contribution in [1.82, 2.24) is 15.6 Å². The Morgan fingerprint density at radius 3 is 2.43 bits per heavy atom. The molecule has 0 amide bonds. The SMILES string of the molecule is CN=C(NCCc1cc(C)cc(C)c1)NCc1cccc(C)n1. The van der Waals surface area contributed by atoms with Gasteiger partial charge >= 0.3 is 0 Å². The molecule has 1 aromatic carbocycles. The van der Waals surface area contributed by atoms with Gasteiger partial charge < -0.3 is 10.6 Å². The minimum atomic E-state index is 0.672. The van der Waals surface area contributed by atoms with Gasteiger partial charge in [0.15, 0.2) is 5.96 Å². The maximum Gasteiger partial charge on any atom is 0.191 e. The molecule has 0 atom stereocenters. The Morgan fingerprint density at radius 1 is 1.04 bits per heavy atom. The van der Waals surface area contributed by atoms with Gasteiger partial charge in [0.1, 0.15) is 0 Å². The van der Waals surface area contributed by atoms with Gasteiger partial charge in [-0.15, -0.1) is 0 Å². The van der Waals surface area contributed by atoms with E-state index in [4.69, 9.17) is 0 Å². The van der Waals surface area contributed by atoms with Gasteiger partial charge in [0.05, 0.1) is 12.2 Å². The van der Waals surface area contributed by atoms with Crippen LogP contribution in [0, 0.1) is 20.8 Å². The van der Waals surface area contributed by atoms with E-state index in [1.165, 1.54) is 16.7 Å². The second kappa shape index (κ2) is 8.32. The summed E-state index contributed by atoms with van der Waals surface area (Å²) in [7, 11) is 1.79. The summed E-state index contributed by atoms with van der Waals surface area (Å²) < 4.78 is 0. The van der Waals surface area contributed by atoms with Crippen LogP contribution in [0.15, 0.2) is 41.4 Å². The van der Waals surface area contributed by atoms with E-state index in [0.717, 1.165) is 30.3 Å². The second-order valence-corrected chi connectivity index (χ2v) is 5.87. The number of aliphatic imine (C=N–C) groups is 1. The van der Waals surface area contributed by atoms with Crippen LogP contribution in [0.4, 0.5) is 0 Å². The van der Waals surface area contributed by atoms with Crippen LogP contribution in [0.25, 0.3) is 0 Å². The first-order valence-corrected chi connectivity index (χ1v) is 8.01. The smallest absolute Gasteiger partial charge is 0.191 e. The second-order valence-electron chi connectivity index (χ2n) is 5.87. The molecule has 0 aliphatic carbocycles. The lowest BCUT2D eigenvalue weighted by Gasteiger charge is -2.12. The predicted molar refractivity (Wildman–Crippen MR) is 96.8 cm³/mol. The van der Waals surface area contributed by atoms with Crippen LogP contribution in [0.2, 0.25) is 0 Å². The van der Waals surface area contributed by atoms with Crippen molar-refractivity contribution in [3.63, 3.8) is 0 Å². The van der Waals surface area contributed by atoms with Crippen LogP contribution in [0.3, 0.4) is 0 Å². The highest BCUT2D eigenvalue weighted by Gasteiger charge is 2.01. The Hall–Kier alpha value is -2.36. The Balaban J connectivity index is 1.81. The number of aryl methyl sites for hydroxylation is 3. The Kier molecular flexibility index (Phi) is 6.15. The van der Waals surface area contributed by atoms with Crippen LogP contribution < -0.4 is 10.6 Å². The van der Waals surface area contributed by atoms with Crippen LogP contribution in [-0.4, -0.2) is 24.5 Å². The van der Waals surface area contributed by atoms with E-state index >= 15 is 0 Å². The number of guanidine groups is 1. The lowest BCUT2D eigenvalue weighted by Crippen LogP contribution is -2.38. The van der Waals surface area contributed by atoms with Crippen molar-refractivity contribution >= 4 is 5.96 Å². The van der Waals surface area contributed by atoms with Gasteiger partial charge in [0, 0.05) is 19.3 Å². The van der Waals surface area contributed by atoms with Gasteiger partial charge in [0.2, 0.25) is 0 Å². The molecule has 122 valence electrons. The third-order valence-corrected chi connectivity index (χ3v) is 3.59. The molecule has 4 heteroatoms. The Bertz CT molecular complexity index is 657. The molecule has 0 aliphatic heterocycles. The molecule has 2 aromatic rings. The molecule has 23 heavy (non-hydrogen) atoms. The number of nitrogens with zero attached hydrogens (tertiary/aromatic N) is 2. The van der Waals surface area contributed by atoms with E-state index in [-0.39, 0.29) is 0 Å². The van der Waals surface area contributed by atoms with Crippen molar-refractivity contribution in [3.05, 3.63) is 64.5 Å². The lowest BCUT2D eigenvalue weighted by molar-refractivity contribution is 0.781. The molecule has 2 N–H and O–H groups in total. The van der Waals surface area contributed by atoms with Gasteiger partial charge in [-0.05, 0) is 44.9 Å². The number of pyridine rings is 1. The van der Waals surface area contributed by atoms with Gasteiger partial charge in [-0.2, -0.15) is 0 Å². The van der Waals surface area contributed by atoms with Crippen LogP contribution in [-0.2, 0) is 13.0 Å². The molecular weight excluding hydrogens is 284 g/mol. The molecule has 1 heterocycles. The Morgan fingerprint density at radius 2 is 1.78 bits per heavy atom. The van der Waals surface area contributed by atoms with Gasteiger partial charge in [-0.3, -0.25) is 9.98 Å². The predicted octanol–water partition coefficient (Wildman–Crippen LogP) is 2.91. The summed E-state index contributed by atoms with van der Waals surface area (Å²) in [5.74, 6) is 0.803. The average molecular weight is 310 g/mol. The fourth-order valence-electron chi connectivity index (χ4n) is 2.63. The van der Waals surface area contributed by atoms with E-state index in [1.807, 2.05) is 25.1 Å². The summed E-state index contributed by atoms with van der Waals surface area (Å²) in [6.07, 6.45) is 0.978. The molecule has 1 aromatic heterocycles. The first-order valence-electron chi connectivity index (χ1n) is 8.01. The Labute approximate surface area is 139 Å². The molecule has 0 spiro atoms. The van der Waals surface area contributed by atoms with Crippen molar-refractivity contribution in [1.29, 1.82) is 0 Å². The number of hydrogen-bond acceptors (Lipinski definition) is 2. The minimum Gasteiger partial charge on any atom is -0.356 e. The fraction of sp³-hybridized carbons (Fsp3) is 0.368. The van der Waals surface area contributed by atoms with Crippen molar-refractivity contribution in [2.75, 3.05) is 13.6 Å². The molecular formula is C19H26N4. The number of benzene rings is 1. The summed E-state index contributed by atoms with van der Waals surface area (Å²) >= 11 is 0. The fourth-order valence-corrected chi connectivity index (χ4v) is 2.63. The molecule has 0 radical (unpaired) electrons. The zero-order chi connectivity index (χ0) is 16.7. The van der Waals surface area contributed by atoms with Crippen LogP contribution in [0.5, 0.6) is 0 Å². The average Bonchev–Trinajstić information content (AvgIpc) is 2.50. The van der Waals surface area contributed by atoms with Crippen LogP contribution >= 0.6 is 0 Å². The zero-order valence-corrected chi connectivity index (χ0v) is 14.5. The molecule has 0 saturated carbocycles. The third kappa shape index (κ3) is 5.74. The quantitative estimate of drug-likeness (QED) is 0.659. The molecule has 0 fully saturated rings. The summed E-state index contributed by atoms with van der Waals surface area (Å²) in [6.45, 7) is 7.80. The summed E-state index contributed by atoms with van der Waals surface area (Å²) in [6, 6.07) is 12.7. The summed E-state index contributed by atoms with van der Waals surface area (Å²) in [5.41, 5.74) is 6.02. The molecule has 0 bridgehead atoms. The first kappa shape index (κ1) is 17.0. The van der Waals surface area contributed by atoms with E-state index < -0.39 is 0 Å². The highest BCUT2D eigenvalue weighted by Crippen LogP contribution is 2.08. The van der Waals surface area contributed by atoms with Gasteiger partial charge in [-0.25, -0.2) is 0 Å². The molecule has 0 saturated heterocycles. The molecule has 0 aliphatic rings.